The summed E-state index contributed by atoms with van der Waals surface area (Å²) in [6.45, 7) is 6.04. The van der Waals surface area contributed by atoms with E-state index in [2.05, 4.69) is 61.2 Å². The quantitative estimate of drug-likeness (QED) is 0.788. The lowest BCUT2D eigenvalue weighted by Crippen LogP contribution is -2.28. The maximum atomic E-state index is 2.67. The van der Waals surface area contributed by atoms with Crippen LogP contribution in [0, 0.1) is 5.92 Å². The fraction of sp³-hybridized carbons (Fsp3) is 0.625. The topological polar surface area (TPSA) is 6.48 Å². The summed E-state index contributed by atoms with van der Waals surface area (Å²) in [6.07, 6.45) is 2.56. The smallest absolute Gasteiger partial charge is 0.0345 e. The second kappa shape index (κ2) is 6.35. The molecule has 0 amide bonds. The molecule has 1 saturated heterocycles. The molecular formula is C16H26N2. The highest BCUT2D eigenvalue weighted by atomic mass is 15.2. The van der Waals surface area contributed by atoms with Gasteiger partial charge in [-0.15, -0.1) is 0 Å². The van der Waals surface area contributed by atoms with Gasteiger partial charge in [-0.2, -0.15) is 0 Å². The van der Waals surface area contributed by atoms with E-state index in [0.717, 1.165) is 5.92 Å². The van der Waals surface area contributed by atoms with E-state index in [9.17, 15) is 0 Å². The summed E-state index contributed by atoms with van der Waals surface area (Å²) in [6, 6.07) is 11.6. The van der Waals surface area contributed by atoms with E-state index in [0.29, 0.717) is 6.04 Å². The minimum absolute atomic E-state index is 0.610. The van der Waals surface area contributed by atoms with Gasteiger partial charge in [0.25, 0.3) is 0 Å². The molecule has 2 heteroatoms. The van der Waals surface area contributed by atoms with Gasteiger partial charge >= 0.3 is 0 Å². The van der Waals surface area contributed by atoms with Crippen LogP contribution in [0.2, 0.25) is 0 Å². The highest BCUT2D eigenvalue weighted by molar-refractivity contribution is 5.19. The molecule has 0 radical (unpaired) electrons. The van der Waals surface area contributed by atoms with Crippen LogP contribution >= 0.6 is 0 Å². The third-order valence-electron chi connectivity index (χ3n) is 3.95. The minimum Gasteiger partial charge on any atom is -0.309 e. The summed E-state index contributed by atoms with van der Waals surface area (Å²) in [5.41, 5.74) is 1.48. The van der Waals surface area contributed by atoms with Gasteiger partial charge in [-0.1, -0.05) is 37.3 Å². The summed E-state index contributed by atoms with van der Waals surface area (Å²) in [5.74, 6) is 0.845. The van der Waals surface area contributed by atoms with E-state index < -0.39 is 0 Å². The Kier molecular flexibility index (Phi) is 4.79. The van der Waals surface area contributed by atoms with Gasteiger partial charge < -0.3 is 4.90 Å². The van der Waals surface area contributed by atoms with Crippen LogP contribution in [-0.4, -0.2) is 43.5 Å². The third-order valence-corrected chi connectivity index (χ3v) is 3.95. The van der Waals surface area contributed by atoms with Crippen molar-refractivity contribution < 1.29 is 0 Å². The molecule has 1 aliphatic rings. The number of rotatable bonds is 5. The lowest BCUT2D eigenvalue weighted by Gasteiger charge is -2.27. The van der Waals surface area contributed by atoms with Crippen molar-refractivity contribution in [2.24, 2.45) is 5.92 Å². The van der Waals surface area contributed by atoms with Crippen molar-refractivity contribution in [3.63, 3.8) is 0 Å². The van der Waals surface area contributed by atoms with Crippen molar-refractivity contribution in [3.05, 3.63) is 35.9 Å². The Balaban J connectivity index is 1.98. The molecule has 1 heterocycles. The lowest BCUT2D eigenvalue weighted by atomic mass is 10.0. The normalized spacial score (nSPS) is 22.6. The molecule has 1 fully saturated rings. The molecule has 18 heavy (non-hydrogen) atoms. The second-order valence-corrected chi connectivity index (χ2v) is 5.75. The minimum atomic E-state index is 0.610. The van der Waals surface area contributed by atoms with Gasteiger partial charge in [0.15, 0.2) is 0 Å². The van der Waals surface area contributed by atoms with Crippen molar-refractivity contribution in [2.45, 2.75) is 25.8 Å². The van der Waals surface area contributed by atoms with Gasteiger partial charge in [0.05, 0.1) is 0 Å². The first kappa shape index (κ1) is 13.6. The Bertz CT molecular complexity index is 347. The molecule has 0 aromatic heterocycles. The maximum Gasteiger partial charge on any atom is 0.0345 e. The number of likely N-dealkylation sites (tertiary alicyclic amines) is 1. The molecule has 100 valence electrons. The highest BCUT2D eigenvalue weighted by Crippen LogP contribution is 2.30. The van der Waals surface area contributed by atoms with E-state index in [-0.39, 0.29) is 0 Å². The standard InChI is InChI=1S/C16H26N2/c1-4-16(15-8-6-5-7-9-15)18-11-10-14(13-18)12-17(2)3/h5-9,14,16H,4,10-13H2,1-3H3/t14-,16-/m0/s1. The van der Waals surface area contributed by atoms with E-state index in [1.54, 1.807) is 0 Å². The maximum absolute atomic E-state index is 2.67. The number of benzene rings is 1. The molecule has 1 aromatic carbocycles. The summed E-state index contributed by atoms with van der Waals surface area (Å²) in [7, 11) is 4.36. The Morgan fingerprint density at radius 1 is 1.28 bits per heavy atom. The Morgan fingerprint density at radius 2 is 2.00 bits per heavy atom. The van der Waals surface area contributed by atoms with Crippen molar-refractivity contribution >= 4 is 0 Å². The number of hydrogen-bond donors (Lipinski definition) is 0. The van der Waals surface area contributed by atoms with Crippen LogP contribution in [0.1, 0.15) is 31.4 Å². The highest BCUT2D eigenvalue weighted by Gasteiger charge is 2.28. The van der Waals surface area contributed by atoms with E-state index in [1.165, 1.54) is 38.0 Å². The monoisotopic (exact) mass is 246 g/mol. The SMILES string of the molecule is CC[C@@H](c1ccccc1)N1CC[C@@H](CN(C)C)C1. The molecular weight excluding hydrogens is 220 g/mol. The Hall–Kier alpha value is -0.860. The van der Waals surface area contributed by atoms with Gasteiger partial charge in [0.2, 0.25) is 0 Å². The molecule has 1 aliphatic heterocycles. The fourth-order valence-electron chi connectivity index (χ4n) is 3.19. The first-order valence-electron chi connectivity index (χ1n) is 7.14. The van der Waals surface area contributed by atoms with Gasteiger partial charge in [-0.05, 0) is 45.0 Å². The van der Waals surface area contributed by atoms with E-state index in [1.807, 2.05) is 0 Å². The largest absolute Gasteiger partial charge is 0.309 e. The molecule has 0 aliphatic carbocycles. The third kappa shape index (κ3) is 3.33. The Labute approximate surface area is 112 Å². The average Bonchev–Trinajstić information content (AvgIpc) is 2.79. The van der Waals surface area contributed by atoms with Crippen molar-refractivity contribution in [2.75, 3.05) is 33.7 Å². The van der Waals surface area contributed by atoms with E-state index >= 15 is 0 Å². The molecule has 0 saturated carbocycles. The first-order valence-corrected chi connectivity index (χ1v) is 7.14. The van der Waals surface area contributed by atoms with Crippen LogP contribution in [0.25, 0.3) is 0 Å². The zero-order valence-corrected chi connectivity index (χ0v) is 12.0. The van der Waals surface area contributed by atoms with Gasteiger partial charge in [0, 0.05) is 19.1 Å². The first-order chi connectivity index (χ1) is 8.70. The zero-order chi connectivity index (χ0) is 13.0. The van der Waals surface area contributed by atoms with Gasteiger partial charge in [0.1, 0.15) is 0 Å². The van der Waals surface area contributed by atoms with Crippen molar-refractivity contribution in [3.8, 4) is 0 Å². The van der Waals surface area contributed by atoms with Crippen LogP contribution in [0.15, 0.2) is 30.3 Å². The second-order valence-electron chi connectivity index (χ2n) is 5.75. The van der Waals surface area contributed by atoms with Gasteiger partial charge in [-0.3, -0.25) is 4.90 Å². The summed E-state index contributed by atoms with van der Waals surface area (Å²) in [4.78, 5) is 4.99. The molecule has 2 atom stereocenters. The number of nitrogens with zero attached hydrogens (tertiary/aromatic N) is 2. The summed E-state index contributed by atoms with van der Waals surface area (Å²) < 4.78 is 0. The number of hydrogen-bond acceptors (Lipinski definition) is 2. The molecule has 1 aromatic rings. The lowest BCUT2D eigenvalue weighted by molar-refractivity contribution is 0.221. The van der Waals surface area contributed by atoms with E-state index in [4.69, 9.17) is 0 Å². The van der Waals surface area contributed by atoms with Crippen LogP contribution in [0.3, 0.4) is 0 Å². The average molecular weight is 246 g/mol. The molecule has 0 unspecified atom stereocenters. The Morgan fingerprint density at radius 3 is 2.61 bits per heavy atom. The van der Waals surface area contributed by atoms with Crippen LogP contribution < -0.4 is 0 Å². The molecule has 2 nitrogen and oxygen atoms in total. The predicted molar refractivity (Wildman–Crippen MR) is 77.7 cm³/mol. The van der Waals surface area contributed by atoms with Crippen LogP contribution in [0.5, 0.6) is 0 Å². The predicted octanol–water partition coefficient (Wildman–Crippen LogP) is 3.02. The fourth-order valence-corrected chi connectivity index (χ4v) is 3.19. The molecule has 0 bridgehead atoms. The van der Waals surface area contributed by atoms with Gasteiger partial charge in [-0.25, -0.2) is 0 Å². The van der Waals surface area contributed by atoms with Crippen LogP contribution in [0.4, 0.5) is 0 Å². The zero-order valence-electron chi connectivity index (χ0n) is 12.0. The summed E-state index contributed by atoms with van der Waals surface area (Å²) in [5, 5.41) is 0. The van der Waals surface area contributed by atoms with Crippen LogP contribution in [-0.2, 0) is 0 Å². The van der Waals surface area contributed by atoms with Crippen molar-refractivity contribution in [1.82, 2.24) is 9.80 Å². The summed E-state index contributed by atoms with van der Waals surface area (Å²) >= 11 is 0. The van der Waals surface area contributed by atoms with Crippen molar-refractivity contribution in [1.29, 1.82) is 0 Å². The molecule has 0 spiro atoms. The molecule has 2 rings (SSSR count). The molecule has 0 N–H and O–H groups in total.